The minimum atomic E-state index is -2.69. The van der Waals surface area contributed by atoms with Gasteiger partial charge in [0.1, 0.15) is 24.9 Å². The molecule has 6 rings (SSSR count). The van der Waals surface area contributed by atoms with Crippen LogP contribution in [-0.2, 0) is 4.18 Å². The van der Waals surface area contributed by atoms with Crippen LogP contribution in [0.2, 0.25) is 0 Å². The molecule has 0 amide bonds. The largest absolute Gasteiger partial charge is 0.497 e. The second-order valence-corrected chi connectivity index (χ2v) is 10.1. The van der Waals surface area contributed by atoms with Gasteiger partial charge in [0.05, 0.1) is 7.11 Å². The van der Waals surface area contributed by atoms with Crippen LogP contribution in [0.3, 0.4) is 0 Å². The molecule has 5 heteroatoms. The summed E-state index contributed by atoms with van der Waals surface area (Å²) >= 11 is 0. The lowest BCUT2D eigenvalue weighted by Crippen LogP contribution is -2.64. The molecule has 4 aliphatic rings. The normalized spacial score (nSPS) is 42.5. The van der Waals surface area contributed by atoms with Crippen molar-refractivity contribution in [3.8, 4) is 5.75 Å². The molecular formula is C22H26NO3S+. The maximum Gasteiger partial charge on any atom is 0.166 e. The number of benzene rings is 2. The zero-order valence-corrected chi connectivity index (χ0v) is 16.4. The number of hydrogen-bond donors (Lipinski definition) is 1. The Balaban J connectivity index is 1.64. The monoisotopic (exact) mass is 384 g/mol. The maximum absolute atomic E-state index is 11.2. The van der Waals surface area contributed by atoms with E-state index < -0.39 is 10.8 Å². The van der Waals surface area contributed by atoms with Crippen molar-refractivity contribution in [3.05, 3.63) is 60.9 Å². The summed E-state index contributed by atoms with van der Waals surface area (Å²) in [5, 5.41) is 2.26. The second-order valence-electron chi connectivity index (χ2n) is 8.10. The molecule has 4 fully saturated rings. The number of fused-ring (bicyclic) bond motifs is 3. The van der Waals surface area contributed by atoms with Crippen molar-refractivity contribution >= 4 is 21.5 Å². The predicted molar refractivity (Wildman–Crippen MR) is 109 cm³/mol. The molecule has 4 aliphatic heterocycles. The summed E-state index contributed by atoms with van der Waals surface area (Å²) in [6.45, 7) is 5.76. The molecule has 2 bridgehead atoms. The van der Waals surface area contributed by atoms with Crippen molar-refractivity contribution < 1.29 is 17.4 Å². The van der Waals surface area contributed by atoms with E-state index in [1.807, 2.05) is 12.1 Å². The number of methoxy groups -OCH3 is 1. The summed E-state index contributed by atoms with van der Waals surface area (Å²) in [7, 11) is -1.01. The van der Waals surface area contributed by atoms with Crippen LogP contribution in [0.4, 0.5) is 0 Å². The van der Waals surface area contributed by atoms with Gasteiger partial charge in [-0.15, -0.1) is 6.58 Å². The van der Waals surface area contributed by atoms with Gasteiger partial charge in [0.2, 0.25) is 0 Å². The molecule has 2 radical (unpaired) electrons. The smallest absolute Gasteiger partial charge is 0.166 e. The SMILES string of the molecule is [CH]S1(O)OC(c2cccc3ccc(OC)cc23)C2CC3CC[N+]21CC3C=C. The van der Waals surface area contributed by atoms with Crippen molar-refractivity contribution in [2.75, 3.05) is 20.2 Å². The van der Waals surface area contributed by atoms with E-state index in [1.54, 1.807) is 7.11 Å². The highest BCUT2D eigenvalue weighted by Gasteiger charge is 2.66. The topological polar surface area (TPSA) is 38.7 Å². The molecule has 4 nitrogen and oxygen atoms in total. The molecule has 2 aromatic rings. The third kappa shape index (κ3) is 2.35. The van der Waals surface area contributed by atoms with Crippen LogP contribution in [-0.4, -0.2) is 34.7 Å². The molecular weight excluding hydrogens is 358 g/mol. The van der Waals surface area contributed by atoms with Gasteiger partial charge in [-0.25, -0.2) is 8.07 Å². The Morgan fingerprint density at radius 2 is 2.22 bits per heavy atom. The van der Waals surface area contributed by atoms with Crippen LogP contribution < -0.4 is 4.74 Å². The first-order valence-corrected chi connectivity index (χ1v) is 11.1. The second kappa shape index (κ2) is 5.98. The Kier molecular flexibility index (Phi) is 3.89. The summed E-state index contributed by atoms with van der Waals surface area (Å²) in [5.41, 5.74) is 1.10. The lowest BCUT2D eigenvalue weighted by Gasteiger charge is -2.58. The fraction of sp³-hybridized carbons (Fsp3) is 0.409. The molecule has 6 unspecified atom stereocenters. The quantitative estimate of drug-likeness (QED) is 0.590. The number of ether oxygens (including phenoxy) is 1. The Morgan fingerprint density at radius 3 is 3.00 bits per heavy atom. The highest BCUT2D eigenvalue weighted by molar-refractivity contribution is 8.21. The van der Waals surface area contributed by atoms with Crippen LogP contribution in [0.15, 0.2) is 49.1 Å². The zero-order valence-electron chi connectivity index (χ0n) is 15.6. The van der Waals surface area contributed by atoms with E-state index in [4.69, 9.17) is 15.2 Å². The average molecular weight is 385 g/mol. The summed E-state index contributed by atoms with van der Waals surface area (Å²) in [6.07, 6.45) is 10.4. The van der Waals surface area contributed by atoms with E-state index in [1.165, 1.54) is 0 Å². The molecule has 1 N–H and O–H groups in total. The summed E-state index contributed by atoms with van der Waals surface area (Å²) < 4.78 is 23.5. The van der Waals surface area contributed by atoms with Gasteiger partial charge < -0.3 is 4.74 Å². The van der Waals surface area contributed by atoms with Crippen LogP contribution >= 0.6 is 10.8 Å². The van der Waals surface area contributed by atoms with Gasteiger partial charge in [0.15, 0.2) is 12.4 Å². The number of rotatable bonds is 3. The predicted octanol–water partition coefficient (Wildman–Crippen LogP) is 5.11. The van der Waals surface area contributed by atoms with Crippen molar-refractivity contribution in [3.63, 3.8) is 0 Å². The number of nitrogens with zero attached hydrogens (tertiary/aromatic N) is 1. The molecule has 27 heavy (non-hydrogen) atoms. The highest BCUT2D eigenvalue weighted by atomic mass is 32.3. The van der Waals surface area contributed by atoms with Gasteiger partial charge in [-0.3, -0.25) is 4.55 Å². The van der Waals surface area contributed by atoms with E-state index in [0.717, 1.165) is 48.0 Å². The van der Waals surface area contributed by atoms with Crippen LogP contribution in [0.1, 0.15) is 24.5 Å². The van der Waals surface area contributed by atoms with E-state index in [-0.39, 0.29) is 12.1 Å². The van der Waals surface area contributed by atoms with Crippen LogP contribution in [0.25, 0.3) is 10.8 Å². The van der Waals surface area contributed by atoms with E-state index >= 15 is 0 Å². The van der Waals surface area contributed by atoms with Gasteiger partial charge >= 0.3 is 0 Å². The molecule has 4 heterocycles. The lowest BCUT2D eigenvalue weighted by molar-refractivity contribution is -0.852. The van der Waals surface area contributed by atoms with Crippen molar-refractivity contribution in [2.24, 2.45) is 11.8 Å². The molecule has 0 aromatic heterocycles. The molecule has 0 saturated carbocycles. The summed E-state index contributed by atoms with van der Waals surface area (Å²) in [5.74, 6) is 1.84. The van der Waals surface area contributed by atoms with E-state index in [9.17, 15) is 4.55 Å². The van der Waals surface area contributed by atoms with E-state index in [0.29, 0.717) is 15.7 Å². The Hall–Kier alpha value is -1.53. The van der Waals surface area contributed by atoms with Gasteiger partial charge in [-0.2, -0.15) is 0 Å². The Bertz CT molecular complexity index is 914. The molecule has 1 spiro atoms. The van der Waals surface area contributed by atoms with Crippen molar-refractivity contribution in [1.82, 2.24) is 0 Å². The van der Waals surface area contributed by atoms with E-state index in [2.05, 4.69) is 36.9 Å². The molecule has 6 atom stereocenters. The van der Waals surface area contributed by atoms with Crippen molar-refractivity contribution in [2.45, 2.75) is 25.0 Å². The Morgan fingerprint density at radius 1 is 1.37 bits per heavy atom. The summed E-state index contributed by atoms with van der Waals surface area (Å²) in [6, 6.07) is 12.6. The molecule has 2 aromatic carbocycles. The molecule has 4 saturated heterocycles. The minimum absolute atomic E-state index is 0.195. The standard InChI is InChI=1S/C22H25NO3S/c1-4-15-14-23-11-10-17(15)12-21(23)22(26-27(23,3)24)19-7-5-6-16-8-9-18(25-2)13-20(16)19/h3-9,13,15,17,21-22H,1,10-12,14H2,2H3/p+1. The first kappa shape index (κ1) is 17.6. The van der Waals surface area contributed by atoms with Crippen LogP contribution in [0, 0.1) is 18.1 Å². The number of quaternary nitrogens is 1. The first-order valence-electron chi connectivity index (χ1n) is 9.57. The van der Waals surface area contributed by atoms with Gasteiger partial charge in [-0.05, 0) is 34.4 Å². The number of piperidine rings is 3. The van der Waals surface area contributed by atoms with Gasteiger partial charge in [0, 0.05) is 18.8 Å². The third-order valence-corrected chi connectivity index (χ3v) is 9.14. The fourth-order valence-electron chi connectivity index (χ4n) is 5.57. The number of hydrogen-bond acceptors (Lipinski definition) is 3. The first-order chi connectivity index (χ1) is 13.0. The zero-order chi connectivity index (χ0) is 18.8. The Labute approximate surface area is 162 Å². The van der Waals surface area contributed by atoms with Crippen LogP contribution in [0.5, 0.6) is 5.75 Å². The average Bonchev–Trinajstić information content (AvgIpc) is 2.94. The maximum atomic E-state index is 11.2. The third-order valence-electron chi connectivity index (χ3n) is 7.00. The molecule has 142 valence electrons. The highest BCUT2D eigenvalue weighted by Crippen LogP contribution is 2.71. The van der Waals surface area contributed by atoms with Gasteiger partial charge in [-0.1, -0.05) is 41.1 Å². The minimum Gasteiger partial charge on any atom is -0.497 e. The van der Waals surface area contributed by atoms with Crippen molar-refractivity contribution in [1.29, 1.82) is 0 Å². The molecule has 0 aliphatic carbocycles. The fourth-order valence-corrected chi connectivity index (χ4v) is 7.62. The lowest BCUT2D eigenvalue weighted by atomic mass is 9.73. The summed E-state index contributed by atoms with van der Waals surface area (Å²) in [4.78, 5) is 0. The van der Waals surface area contributed by atoms with Gasteiger partial charge in [0.25, 0.3) is 0 Å².